The lowest BCUT2D eigenvalue weighted by molar-refractivity contribution is -0.136. The van der Waals surface area contributed by atoms with Crippen LogP contribution in [0.2, 0.25) is 0 Å². The van der Waals surface area contributed by atoms with Gasteiger partial charge >= 0.3 is 0 Å². The highest BCUT2D eigenvalue weighted by Crippen LogP contribution is 2.32. The molecule has 0 spiro atoms. The number of nitrogens with zero attached hydrogens (tertiary/aromatic N) is 1. The molecule has 9 heteroatoms. The molecule has 0 aliphatic carbocycles. The smallest absolute Gasteiger partial charge is 0.255 e. The lowest BCUT2D eigenvalue weighted by Crippen LogP contribution is -2.52. The van der Waals surface area contributed by atoms with Crippen LogP contribution in [-0.2, 0) is 32.0 Å². The number of aryl methyl sites for hydroxylation is 1. The van der Waals surface area contributed by atoms with E-state index in [0.29, 0.717) is 44.9 Å². The van der Waals surface area contributed by atoms with Crippen molar-refractivity contribution in [3.05, 3.63) is 59.2 Å². The standard InChI is InChI=1S/C31H41N3O6/c1-2-23-9-6-10-24(21-23)40-19-5-3-4-16-38-17-8-18-39-20-15-32-27-12-7-11-25-26(27)22-34(31(25)37)28-13-14-29(35)33-30(28)36/h6-7,9-12,21,28,32H,2-5,8,13-20,22H2,1H3,(H,33,35,36). The molecule has 1 saturated heterocycles. The van der Waals surface area contributed by atoms with Crippen LogP contribution in [0.4, 0.5) is 5.69 Å². The quantitative estimate of drug-likeness (QED) is 0.225. The average Bonchev–Trinajstić information content (AvgIpc) is 3.30. The van der Waals surface area contributed by atoms with E-state index in [-0.39, 0.29) is 18.2 Å². The molecule has 1 unspecified atom stereocenters. The highest BCUT2D eigenvalue weighted by atomic mass is 16.5. The summed E-state index contributed by atoms with van der Waals surface area (Å²) < 4.78 is 17.3. The number of amides is 3. The minimum Gasteiger partial charge on any atom is -0.494 e. The molecule has 2 N–H and O–H groups in total. The van der Waals surface area contributed by atoms with Crippen molar-refractivity contribution in [3.63, 3.8) is 0 Å². The summed E-state index contributed by atoms with van der Waals surface area (Å²) in [5.41, 5.74) is 3.64. The summed E-state index contributed by atoms with van der Waals surface area (Å²) in [6.07, 6.45) is 5.58. The van der Waals surface area contributed by atoms with Gasteiger partial charge in [-0.1, -0.05) is 25.1 Å². The van der Waals surface area contributed by atoms with Gasteiger partial charge in [-0.3, -0.25) is 19.7 Å². The van der Waals surface area contributed by atoms with Gasteiger partial charge in [0, 0.05) is 56.1 Å². The fourth-order valence-electron chi connectivity index (χ4n) is 5.00. The van der Waals surface area contributed by atoms with Gasteiger partial charge in [-0.15, -0.1) is 0 Å². The van der Waals surface area contributed by atoms with Crippen LogP contribution >= 0.6 is 0 Å². The first-order valence-electron chi connectivity index (χ1n) is 14.4. The van der Waals surface area contributed by atoms with E-state index in [9.17, 15) is 14.4 Å². The van der Waals surface area contributed by atoms with Crippen molar-refractivity contribution in [1.82, 2.24) is 10.2 Å². The fraction of sp³-hybridized carbons (Fsp3) is 0.516. The van der Waals surface area contributed by atoms with Crippen LogP contribution in [0.25, 0.3) is 0 Å². The predicted octanol–water partition coefficient (Wildman–Crippen LogP) is 4.09. The molecule has 216 valence electrons. The van der Waals surface area contributed by atoms with E-state index in [2.05, 4.69) is 29.7 Å². The van der Waals surface area contributed by atoms with E-state index in [1.165, 1.54) is 5.56 Å². The zero-order chi connectivity index (χ0) is 28.2. The molecule has 0 bridgehead atoms. The maximum absolute atomic E-state index is 12.9. The van der Waals surface area contributed by atoms with Gasteiger partial charge < -0.3 is 24.4 Å². The summed E-state index contributed by atoms with van der Waals surface area (Å²) in [5.74, 6) is 0.0916. The van der Waals surface area contributed by atoms with Crippen LogP contribution in [0.3, 0.4) is 0 Å². The van der Waals surface area contributed by atoms with Crippen molar-refractivity contribution >= 4 is 23.4 Å². The number of piperidine rings is 1. The molecule has 0 aromatic heterocycles. The van der Waals surface area contributed by atoms with Gasteiger partial charge in [0.1, 0.15) is 11.8 Å². The zero-order valence-electron chi connectivity index (χ0n) is 23.4. The van der Waals surface area contributed by atoms with Crippen LogP contribution in [0.1, 0.15) is 66.9 Å². The summed E-state index contributed by atoms with van der Waals surface area (Å²) >= 11 is 0. The van der Waals surface area contributed by atoms with Gasteiger partial charge in [0.25, 0.3) is 5.91 Å². The van der Waals surface area contributed by atoms with E-state index >= 15 is 0 Å². The number of carbonyl (C=O) groups excluding carboxylic acids is 3. The molecule has 40 heavy (non-hydrogen) atoms. The van der Waals surface area contributed by atoms with Gasteiger partial charge in [-0.05, 0) is 68.4 Å². The Labute approximate surface area is 236 Å². The van der Waals surface area contributed by atoms with Crippen LogP contribution in [0, 0.1) is 0 Å². The van der Waals surface area contributed by atoms with E-state index in [0.717, 1.165) is 62.3 Å². The van der Waals surface area contributed by atoms with E-state index < -0.39 is 11.9 Å². The number of hydrogen-bond donors (Lipinski definition) is 2. The maximum atomic E-state index is 12.9. The van der Waals surface area contributed by atoms with Crippen molar-refractivity contribution in [2.45, 2.75) is 64.5 Å². The minimum absolute atomic E-state index is 0.171. The third-order valence-corrected chi connectivity index (χ3v) is 7.23. The third kappa shape index (κ3) is 8.29. The number of rotatable bonds is 17. The maximum Gasteiger partial charge on any atom is 0.255 e. The highest BCUT2D eigenvalue weighted by Gasteiger charge is 2.39. The van der Waals surface area contributed by atoms with Gasteiger partial charge in [0.05, 0.1) is 13.2 Å². The van der Waals surface area contributed by atoms with Gasteiger partial charge in [-0.2, -0.15) is 0 Å². The van der Waals surface area contributed by atoms with E-state index in [1.54, 1.807) is 11.0 Å². The molecule has 2 aromatic rings. The normalized spacial score (nSPS) is 16.7. The number of ether oxygens (including phenoxy) is 3. The molecule has 2 aliphatic heterocycles. The van der Waals surface area contributed by atoms with Crippen molar-refractivity contribution in [2.75, 3.05) is 44.9 Å². The van der Waals surface area contributed by atoms with E-state index in [1.807, 2.05) is 24.3 Å². The molecule has 2 aromatic carbocycles. The molecule has 2 heterocycles. The van der Waals surface area contributed by atoms with E-state index in [4.69, 9.17) is 14.2 Å². The van der Waals surface area contributed by atoms with Gasteiger partial charge in [-0.25, -0.2) is 0 Å². The first-order valence-corrected chi connectivity index (χ1v) is 14.4. The number of benzene rings is 2. The SMILES string of the molecule is CCc1cccc(OCCCCCOCCCOCCNc2cccc3c2CN(C2CCC(=O)NC2=O)C3=O)c1. The fourth-order valence-corrected chi connectivity index (χ4v) is 5.00. The molecule has 0 radical (unpaired) electrons. The number of hydrogen-bond acceptors (Lipinski definition) is 7. The lowest BCUT2D eigenvalue weighted by atomic mass is 10.0. The first kappa shape index (κ1) is 29.6. The van der Waals surface area contributed by atoms with Crippen molar-refractivity contribution in [2.24, 2.45) is 0 Å². The second kappa shape index (κ2) is 15.4. The van der Waals surface area contributed by atoms with Crippen molar-refractivity contribution in [1.29, 1.82) is 0 Å². The molecule has 9 nitrogen and oxygen atoms in total. The molecule has 3 amide bonds. The largest absolute Gasteiger partial charge is 0.494 e. The number of anilines is 1. The molecule has 0 saturated carbocycles. The summed E-state index contributed by atoms with van der Waals surface area (Å²) in [6, 6.07) is 13.2. The summed E-state index contributed by atoms with van der Waals surface area (Å²) in [6.45, 7) is 6.42. The lowest BCUT2D eigenvalue weighted by Gasteiger charge is -2.29. The Kier molecular flexibility index (Phi) is 11.4. The topological polar surface area (TPSA) is 106 Å². The Balaban J connectivity index is 1.02. The van der Waals surface area contributed by atoms with Crippen molar-refractivity contribution in [3.8, 4) is 5.75 Å². The molecule has 1 atom stereocenters. The zero-order valence-corrected chi connectivity index (χ0v) is 23.4. The molecular weight excluding hydrogens is 510 g/mol. The van der Waals surface area contributed by atoms with Gasteiger partial charge in [0.2, 0.25) is 11.8 Å². The monoisotopic (exact) mass is 551 g/mol. The summed E-state index contributed by atoms with van der Waals surface area (Å²) in [7, 11) is 0. The summed E-state index contributed by atoms with van der Waals surface area (Å²) in [4.78, 5) is 38.2. The van der Waals surface area contributed by atoms with Crippen LogP contribution < -0.4 is 15.4 Å². The molecular formula is C31H41N3O6. The van der Waals surface area contributed by atoms with Crippen molar-refractivity contribution < 1.29 is 28.6 Å². The molecule has 2 aliphatic rings. The Morgan fingerprint density at radius 2 is 1.70 bits per heavy atom. The Hall–Kier alpha value is -3.43. The number of unbranched alkanes of at least 4 members (excludes halogenated alkanes) is 2. The Bertz CT molecular complexity index is 1150. The van der Waals surface area contributed by atoms with Crippen LogP contribution in [-0.4, -0.2) is 68.2 Å². The van der Waals surface area contributed by atoms with Gasteiger partial charge in [0.15, 0.2) is 0 Å². The number of fused-ring (bicyclic) bond motifs is 1. The highest BCUT2D eigenvalue weighted by molar-refractivity contribution is 6.06. The number of carbonyl (C=O) groups is 3. The summed E-state index contributed by atoms with van der Waals surface area (Å²) in [5, 5.41) is 5.70. The molecule has 4 rings (SSSR count). The Morgan fingerprint density at radius 1 is 0.925 bits per heavy atom. The third-order valence-electron chi connectivity index (χ3n) is 7.23. The Morgan fingerprint density at radius 3 is 2.52 bits per heavy atom. The number of nitrogens with one attached hydrogen (secondary N) is 2. The number of imide groups is 1. The second-order valence-corrected chi connectivity index (χ2v) is 10.1. The first-order chi connectivity index (χ1) is 19.6. The molecule has 1 fully saturated rings. The van der Waals surface area contributed by atoms with Crippen LogP contribution in [0.5, 0.6) is 5.75 Å². The second-order valence-electron chi connectivity index (χ2n) is 10.1. The minimum atomic E-state index is -0.612. The van der Waals surface area contributed by atoms with Crippen LogP contribution in [0.15, 0.2) is 42.5 Å². The average molecular weight is 552 g/mol. The predicted molar refractivity (Wildman–Crippen MR) is 152 cm³/mol.